The van der Waals surface area contributed by atoms with Crippen molar-refractivity contribution in [1.82, 2.24) is 0 Å². The molecule has 0 heterocycles. The van der Waals surface area contributed by atoms with Crippen LogP contribution in [0.3, 0.4) is 0 Å². The first-order valence-corrected chi connectivity index (χ1v) is 14.2. The van der Waals surface area contributed by atoms with Crippen molar-refractivity contribution in [2.24, 2.45) is 0 Å². The largest absolute Gasteiger partial charge is 0.488 e. The molecule has 0 N–H and O–H groups in total. The molecule has 2 atom stereocenters. The SMILES string of the molecule is CCc1ccc2c(OCC(C)OC(=O)c3ccccc3)c3ccccc3c(OCC(C)OC(=O)c3ccccc3)c2c1. The van der Waals surface area contributed by atoms with E-state index in [0.717, 1.165) is 33.5 Å². The summed E-state index contributed by atoms with van der Waals surface area (Å²) < 4.78 is 24.1. The molecule has 0 aliphatic heterocycles. The minimum Gasteiger partial charge on any atom is -0.488 e. The molecule has 0 radical (unpaired) electrons. The number of fused-ring (bicyclic) bond motifs is 2. The highest BCUT2D eigenvalue weighted by molar-refractivity contribution is 6.11. The van der Waals surface area contributed by atoms with Gasteiger partial charge in [-0.2, -0.15) is 0 Å². The van der Waals surface area contributed by atoms with Crippen LogP contribution in [0.4, 0.5) is 0 Å². The molecule has 5 aromatic carbocycles. The second-order valence-corrected chi connectivity index (χ2v) is 10.2. The summed E-state index contributed by atoms with van der Waals surface area (Å²) in [4.78, 5) is 25.1. The molecule has 0 spiro atoms. The fraction of sp³-hybridized carbons (Fsp3) is 0.222. The number of aryl methyl sites for hydroxylation is 1. The fourth-order valence-electron chi connectivity index (χ4n) is 4.80. The van der Waals surface area contributed by atoms with Crippen LogP contribution < -0.4 is 9.47 Å². The third-order valence-electron chi connectivity index (χ3n) is 6.96. The quantitative estimate of drug-likeness (QED) is 0.121. The van der Waals surface area contributed by atoms with Gasteiger partial charge in [-0.05, 0) is 56.2 Å². The lowest BCUT2D eigenvalue weighted by molar-refractivity contribution is 0.0221. The molecular formula is C36H34O6. The monoisotopic (exact) mass is 562 g/mol. The minimum absolute atomic E-state index is 0.180. The molecule has 6 heteroatoms. The predicted molar refractivity (Wildman–Crippen MR) is 164 cm³/mol. The van der Waals surface area contributed by atoms with E-state index in [9.17, 15) is 9.59 Å². The zero-order chi connectivity index (χ0) is 29.5. The molecule has 0 saturated heterocycles. The molecule has 0 amide bonds. The Hall–Kier alpha value is -4.84. The van der Waals surface area contributed by atoms with E-state index in [1.54, 1.807) is 48.5 Å². The van der Waals surface area contributed by atoms with Crippen LogP contribution >= 0.6 is 0 Å². The van der Waals surface area contributed by atoms with Gasteiger partial charge in [0, 0.05) is 21.5 Å². The van der Waals surface area contributed by atoms with E-state index in [1.165, 1.54) is 0 Å². The molecule has 5 rings (SSSR count). The lowest BCUT2D eigenvalue weighted by Gasteiger charge is -2.21. The first-order chi connectivity index (χ1) is 20.4. The fourth-order valence-corrected chi connectivity index (χ4v) is 4.80. The van der Waals surface area contributed by atoms with Gasteiger partial charge >= 0.3 is 11.9 Å². The van der Waals surface area contributed by atoms with Crippen LogP contribution in [-0.2, 0) is 15.9 Å². The highest BCUT2D eigenvalue weighted by atomic mass is 16.6. The minimum atomic E-state index is -0.475. The van der Waals surface area contributed by atoms with E-state index in [2.05, 4.69) is 19.1 Å². The van der Waals surface area contributed by atoms with Crippen molar-refractivity contribution >= 4 is 33.5 Å². The molecule has 0 fully saturated rings. The third-order valence-corrected chi connectivity index (χ3v) is 6.96. The van der Waals surface area contributed by atoms with Crippen LogP contribution in [0, 0.1) is 0 Å². The number of ether oxygens (including phenoxy) is 4. The van der Waals surface area contributed by atoms with Gasteiger partial charge in [0.2, 0.25) is 0 Å². The molecule has 0 aromatic heterocycles. The number of carbonyl (C=O) groups excluding carboxylic acids is 2. The summed E-state index contributed by atoms with van der Waals surface area (Å²) in [5, 5.41) is 3.54. The van der Waals surface area contributed by atoms with E-state index in [1.807, 2.05) is 56.3 Å². The molecule has 5 aromatic rings. The Kier molecular flexibility index (Phi) is 9.02. The van der Waals surface area contributed by atoms with Crippen molar-refractivity contribution in [3.63, 3.8) is 0 Å². The van der Waals surface area contributed by atoms with E-state index in [4.69, 9.17) is 18.9 Å². The second-order valence-electron chi connectivity index (χ2n) is 10.2. The van der Waals surface area contributed by atoms with Crippen molar-refractivity contribution in [2.75, 3.05) is 13.2 Å². The standard InChI is InChI=1S/C36H34O6/c1-4-26-19-20-31-32(21-26)34(40-23-25(3)42-36(38)28-15-9-6-10-16-28)30-18-12-11-17-29(30)33(31)39-22-24(2)41-35(37)27-13-7-5-8-14-27/h5-21,24-25H,4,22-23H2,1-3H3. The Balaban J connectivity index is 1.41. The van der Waals surface area contributed by atoms with Crippen molar-refractivity contribution in [3.8, 4) is 11.5 Å². The second kappa shape index (κ2) is 13.2. The van der Waals surface area contributed by atoms with Gasteiger partial charge in [-0.15, -0.1) is 0 Å². The average molecular weight is 563 g/mol. The highest BCUT2D eigenvalue weighted by Gasteiger charge is 2.20. The molecule has 42 heavy (non-hydrogen) atoms. The molecule has 214 valence electrons. The highest BCUT2D eigenvalue weighted by Crippen LogP contribution is 2.43. The molecule has 0 aliphatic carbocycles. The van der Waals surface area contributed by atoms with E-state index >= 15 is 0 Å². The molecular weight excluding hydrogens is 528 g/mol. The van der Waals surface area contributed by atoms with Gasteiger partial charge in [-0.1, -0.05) is 79.7 Å². The van der Waals surface area contributed by atoms with Crippen LogP contribution in [0.1, 0.15) is 47.1 Å². The average Bonchev–Trinajstić information content (AvgIpc) is 3.03. The summed E-state index contributed by atoms with van der Waals surface area (Å²) in [6.45, 7) is 6.10. The first-order valence-electron chi connectivity index (χ1n) is 14.2. The Bertz CT molecular complexity index is 1680. The maximum Gasteiger partial charge on any atom is 0.338 e. The Labute approximate surface area is 245 Å². The number of hydrogen-bond acceptors (Lipinski definition) is 6. The first kappa shape index (κ1) is 28.7. The molecule has 2 unspecified atom stereocenters. The number of carbonyl (C=O) groups is 2. The predicted octanol–water partition coefficient (Wildman–Crippen LogP) is 7.80. The van der Waals surface area contributed by atoms with Crippen molar-refractivity contribution < 1.29 is 28.5 Å². The lowest BCUT2D eigenvalue weighted by Crippen LogP contribution is -2.22. The van der Waals surface area contributed by atoms with Crippen molar-refractivity contribution in [2.45, 2.75) is 39.4 Å². The van der Waals surface area contributed by atoms with Gasteiger partial charge in [-0.25, -0.2) is 9.59 Å². The number of benzene rings is 5. The normalized spacial score (nSPS) is 12.5. The summed E-state index contributed by atoms with van der Waals surface area (Å²) >= 11 is 0. The number of hydrogen-bond donors (Lipinski definition) is 0. The van der Waals surface area contributed by atoms with Crippen LogP contribution in [0.2, 0.25) is 0 Å². The Morgan fingerprint density at radius 1 is 0.571 bits per heavy atom. The Morgan fingerprint density at radius 2 is 1.00 bits per heavy atom. The zero-order valence-corrected chi connectivity index (χ0v) is 24.0. The van der Waals surface area contributed by atoms with Gasteiger partial charge in [-0.3, -0.25) is 0 Å². The van der Waals surface area contributed by atoms with Crippen LogP contribution in [0.25, 0.3) is 21.5 Å². The van der Waals surface area contributed by atoms with Gasteiger partial charge in [0.25, 0.3) is 0 Å². The van der Waals surface area contributed by atoms with Crippen LogP contribution in [-0.4, -0.2) is 37.4 Å². The zero-order valence-electron chi connectivity index (χ0n) is 24.0. The lowest BCUT2D eigenvalue weighted by atomic mass is 9.98. The van der Waals surface area contributed by atoms with Crippen LogP contribution in [0.15, 0.2) is 103 Å². The van der Waals surface area contributed by atoms with Crippen molar-refractivity contribution in [1.29, 1.82) is 0 Å². The molecule has 0 saturated carbocycles. The summed E-state index contributed by atoms with van der Waals surface area (Å²) in [5.74, 6) is 0.622. The topological polar surface area (TPSA) is 71.1 Å². The summed E-state index contributed by atoms with van der Waals surface area (Å²) in [6, 6.07) is 32.0. The maximum atomic E-state index is 12.6. The molecule has 6 nitrogen and oxygen atoms in total. The molecule has 0 aliphatic rings. The van der Waals surface area contributed by atoms with E-state index in [0.29, 0.717) is 22.6 Å². The van der Waals surface area contributed by atoms with E-state index in [-0.39, 0.29) is 25.2 Å². The van der Waals surface area contributed by atoms with Crippen molar-refractivity contribution in [3.05, 3.63) is 120 Å². The molecule has 0 bridgehead atoms. The Morgan fingerprint density at radius 3 is 1.48 bits per heavy atom. The van der Waals surface area contributed by atoms with E-state index < -0.39 is 12.2 Å². The summed E-state index contributed by atoms with van der Waals surface area (Å²) in [5.41, 5.74) is 2.15. The van der Waals surface area contributed by atoms with Gasteiger partial charge in [0.05, 0.1) is 11.1 Å². The number of rotatable bonds is 11. The smallest absolute Gasteiger partial charge is 0.338 e. The third kappa shape index (κ3) is 6.55. The van der Waals surface area contributed by atoms with Gasteiger partial charge in [0.15, 0.2) is 0 Å². The maximum absolute atomic E-state index is 12.6. The van der Waals surface area contributed by atoms with Gasteiger partial charge < -0.3 is 18.9 Å². The van der Waals surface area contributed by atoms with Crippen LogP contribution in [0.5, 0.6) is 11.5 Å². The van der Waals surface area contributed by atoms with Gasteiger partial charge in [0.1, 0.15) is 36.9 Å². The summed E-state index contributed by atoms with van der Waals surface area (Å²) in [6.07, 6.45) is -0.0925. The summed E-state index contributed by atoms with van der Waals surface area (Å²) in [7, 11) is 0. The number of esters is 2.